The number of anilines is 1. The summed E-state index contributed by atoms with van der Waals surface area (Å²) >= 11 is 6.60. The number of nitrogens with two attached hydrogens (primary N) is 1. The molecule has 1 saturated heterocycles. The molecule has 1 aromatic heterocycles. The Hall–Kier alpha value is -0.720. The van der Waals surface area contributed by atoms with E-state index >= 15 is 0 Å². The molecule has 1 aliphatic heterocycles. The van der Waals surface area contributed by atoms with E-state index in [2.05, 4.69) is 9.88 Å². The predicted octanol–water partition coefficient (Wildman–Crippen LogP) is 1.52. The molecule has 6 heteroatoms. The van der Waals surface area contributed by atoms with Gasteiger partial charge in [0.25, 0.3) is 0 Å². The van der Waals surface area contributed by atoms with Gasteiger partial charge in [0.05, 0.1) is 17.2 Å². The first-order valence-corrected chi connectivity index (χ1v) is 6.48. The van der Waals surface area contributed by atoms with Crippen molar-refractivity contribution in [3.8, 4) is 0 Å². The highest BCUT2D eigenvalue weighted by Crippen LogP contribution is 2.29. The lowest BCUT2D eigenvalue weighted by Gasteiger charge is -2.12. The van der Waals surface area contributed by atoms with Crippen molar-refractivity contribution >= 4 is 33.7 Å². The second-order valence-corrected chi connectivity index (χ2v) is 5.18. The standard InChI is InChI=1S/C10H15N3OS2/c1-14-6-7-8(9(11)15)16-10(12-7)13-4-2-3-5-13/h2-6H2,1H3,(H2,11,15). The molecule has 0 aromatic carbocycles. The minimum Gasteiger partial charge on any atom is -0.389 e. The number of hydrogen-bond donors (Lipinski definition) is 1. The summed E-state index contributed by atoms with van der Waals surface area (Å²) in [6, 6.07) is 0. The Morgan fingerprint density at radius 3 is 2.81 bits per heavy atom. The zero-order valence-electron chi connectivity index (χ0n) is 9.23. The molecule has 1 aromatic rings. The van der Waals surface area contributed by atoms with E-state index in [-0.39, 0.29) is 0 Å². The molecule has 16 heavy (non-hydrogen) atoms. The molecule has 0 atom stereocenters. The Labute approximate surface area is 104 Å². The number of aromatic nitrogens is 1. The maximum atomic E-state index is 5.68. The number of thiocarbonyl (C=S) groups is 1. The zero-order valence-corrected chi connectivity index (χ0v) is 10.9. The normalized spacial score (nSPS) is 15.7. The van der Waals surface area contributed by atoms with Gasteiger partial charge in [-0.25, -0.2) is 4.98 Å². The average Bonchev–Trinajstić information content (AvgIpc) is 2.83. The predicted molar refractivity (Wildman–Crippen MR) is 70.2 cm³/mol. The lowest BCUT2D eigenvalue weighted by molar-refractivity contribution is 0.182. The molecule has 0 unspecified atom stereocenters. The third kappa shape index (κ3) is 2.34. The summed E-state index contributed by atoms with van der Waals surface area (Å²) in [4.78, 5) is 8.14. The van der Waals surface area contributed by atoms with Crippen LogP contribution in [-0.2, 0) is 11.3 Å². The van der Waals surface area contributed by atoms with E-state index < -0.39 is 0 Å². The molecule has 1 aliphatic rings. The summed E-state index contributed by atoms with van der Waals surface area (Å²) in [5, 5.41) is 1.02. The van der Waals surface area contributed by atoms with Crippen molar-refractivity contribution in [2.24, 2.45) is 5.73 Å². The van der Waals surface area contributed by atoms with Crippen molar-refractivity contribution in [1.82, 2.24) is 4.98 Å². The van der Waals surface area contributed by atoms with Gasteiger partial charge in [-0.15, -0.1) is 0 Å². The van der Waals surface area contributed by atoms with Crippen molar-refractivity contribution in [1.29, 1.82) is 0 Å². The van der Waals surface area contributed by atoms with Gasteiger partial charge in [0, 0.05) is 20.2 Å². The zero-order chi connectivity index (χ0) is 11.5. The van der Waals surface area contributed by atoms with Gasteiger partial charge < -0.3 is 15.4 Å². The quantitative estimate of drug-likeness (QED) is 0.829. The van der Waals surface area contributed by atoms with Crippen molar-refractivity contribution < 1.29 is 4.74 Å². The van der Waals surface area contributed by atoms with Crippen LogP contribution in [0.15, 0.2) is 0 Å². The summed E-state index contributed by atoms with van der Waals surface area (Å²) in [7, 11) is 1.65. The monoisotopic (exact) mass is 257 g/mol. The second-order valence-electron chi connectivity index (χ2n) is 3.76. The molecule has 0 aliphatic carbocycles. The second kappa shape index (κ2) is 5.07. The van der Waals surface area contributed by atoms with Crippen molar-refractivity contribution in [3.05, 3.63) is 10.6 Å². The van der Waals surface area contributed by atoms with Gasteiger partial charge in [0.15, 0.2) is 5.13 Å². The van der Waals surface area contributed by atoms with E-state index in [0.29, 0.717) is 11.6 Å². The Morgan fingerprint density at radius 1 is 1.56 bits per heavy atom. The number of nitrogens with zero attached hydrogens (tertiary/aromatic N) is 2. The first-order chi connectivity index (χ1) is 7.72. The highest BCUT2D eigenvalue weighted by molar-refractivity contribution is 7.81. The summed E-state index contributed by atoms with van der Waals surface area (Å²) in [5.41, 5.74) is 6.55. The molecular weight excluding hydrogens is 242 g/mol. The fourth-order valence-electron chi connectivity index (χ4n) is 1.81. The minimum atomic E-state index is 0.412. The largest absolute Gasteiger partial charge is 0.389 e. The number of thiazole rings is 1. The van der Waals surface area contributed by atoms with E-state index in [1.165, 1.54) is 12.8 Å². The first-order valence-electron chi connectivity index (χ1n) is 5.25. The van der Waals surface area contributed by atoms with Crippen molar-refractivity contribution in [2.75, 3.05) is 25.1 Å². The Balaban J connectivity index is 2.26. The molecule has 0 saturated carbocycles. The fraction of sp³-hybridized carbons (Fsp3) is 0.600. The molecule has 0 spiro atoms. The van der Waals surface area contributed by atoms with Crippen molar-refractivity contribution in [2.45, 2.75) is 19.4 Å². The topological polar surface area (TPSA) is 51.4 Å². The molecule has 4 nitrogen and oxygen atoms in total. The van der Waals surface area contributed by atoms with E-state index in [4.69, 9.17) is 22.7 Å². The molecule has 2 N–H and O–H groups in total. The van der Waals surface area contributed by atoms with Crippen LogP contribution >= 0.6 is 23.6 Å². The van der Waals surface area contributed by atoms with E-state index in [1.807, 2.05) is 0 Å². The molecule has 0 bridgehead atoms. The first kappa shape index (κ1) is 11.8. The Bertz CT molecular complexity index is 385. The molecule has 2 heterocycles. The third-order valence-electron chi connectivity index (χ3n) is 2.57. The van der Waals surface area contributed by atoms with Crippen LogP contribution in [0, 0.1) is 0 Å². The van der Waals surface area contributed by atoms with Gasteiger partial charge in [0.1, 0.15) is 4.99 Å². The minimum absolute atomic E-state index is 0.412. The summed E-state index contributed by atoms with van der Waals surface area (Å²) in [6.07, 6.45) is 2.48. The molecule has 0 amide bonds. The average molecular weight is 257 g/mol. The third-order valence-corrected chi connectivity index (χ3v) is 4.09. The number of hydrogen-bond acceptors (Lipinski definition) is 5. The van der Waals surface area contributed by atoms with E-state index in [9.17, 15) is 0 Å². The number of methoxy groups -OCH3 is 1. The summed E-state index contributed by atoms with van der Waals surface area (Å²) in [6.45, 7) is 2.63. The van der Waals surface area contributed by atoms with E-state index in [1.54, 1.807) is 18.4 Å². The molecule has 2 rings (SSSR count). The number of ether oxygens (including phenoxy) is 1. The molecule has 1 fully saturated rings. The molecular formula is C10H15N3OS2. The maximum absolute atomic E-state index is 5.68. The molecule has 0 radical (unpaired) electrons. The van der Waals surface area contributed by atoms with Gasteiger partial charge >= 0.3 is 0 Å². The van der Waals surface area contributed by atoms with Crippen LogP contribution in [0.4, 0.5) is 5.13 Å². The van der Waals surface area contributed by atoms with Gasteiger partial charge in [-0.1, -0.05) is 23.6 Å². The SMILES string of the molecule is COCc1nc(N2CCCC2)sc1C(N)=S. The van der Waals surface area contributed by atoms with Crippen LogP contribution < -0.4 is 10.6 Å². The van der Waals surface area contributed by atoms with Gasteiger partial charge in [0.2, 0.25) is 0 Å². The van der Waals surface area contributed by atoms with Crippen LogP contribution in [0.5, 0.6) is 0 Å². The highest BCUT2D eigenvalue weighted by Gasteiger charge is 2.20. The smallest absolute Gasteiger partial charge is 0.186 e. The summed E-state index contributed by atoms with van der Waals surface area (Å²) < 4.78 is 5.11. The lowest BCUT2D eigenvalue weighted by atomic mass is 10.4. The Morgan fingerprint density at radius 2 is 2.25 bits per heavy atom. The maximum Gasteiger partial charge on any atom is 0.186 e. The van der Waals surface area contributed by atoms with Crippen LogP contribution in [-0.4, -0.2) is 30.2 Å². The molecule has 88 valence electrons. The van der Waals surface area contributed by atoms with Crippen LogP contribution in [0.1, 0.15) is 23.4 Å². The number of rotatable bonds is 4. The van der Waals surface area contributed by atoms with Gasteiger partial charge in [-0.3, -0.25) is 0 Å². The van der Waals surface area contributed by atoms with Gasteiger partial charge in [-0.05, 0) is 12.8 Å². The van der Waals surface area contributed by atoms with Gasteiger partial charge in [-0.2, -0.15) is 0 Å². The van der Waals surface area contributed by atoms with E-state index in [0.717, 1.165) is 28.8 Å². The van der Waals surface area contributed by atoms with Crippen LogP contribution in [0.3, 0.4) is 0 Å². The summed E-state index contributed by atoms with van der Waals surface area (Å²) in [5.74, 6) is 0. The van der Waals surface area contributed by atoms with Crippen LogP contribution in [0.25, 0.3) is 0 Å². The Kier molecular flexibility index (Phi) is 3.73. The highest BCUT2D eigenvalue weighted by atomic mass is 32.1. The van der Waals surface area contributed by atoms with Crippen LogP contribution in [0.2, 0.25) is 0 Å². The fourth-order valence-corrected chi connectivity index (χ4v) is 3.03. The van der Waals surface area contributed by atoms with Crippen molar-refractivity contribution in [3.63, 3.8) is 0 Å². The lowest BCUT2D eigenvalue weighted by Crippen LogP contribution is -2.17.